The number of hydrogen-bond acceptors (Lipinski definition) is 5. The molecule has 0 bridgehead atoms. The fourth-order valence-electron chi connectivity index (χ4n) is 3.34. The maximum atomic E-state index is 12.8. The Balaban J connectivity index is 2.13. The Kier molecular flexibility index (Phi) is 6.43. The minimum absolute atomic E-state index is 0.0288. The minimum atomic E-state index is -3.45. The van der Waals surface area contributed by atoms with E-state index in [9.17, 15) is 13.2 Å². The second-order valence-corrected chi connectivity index (χ2v) is 8.73. The molecule has 1 saturated carbocycles. The minimum Gasteiger partial charge on any atom is -0.378 e. The number of benzene rings is 1. The topological polar surface area (TPSA) is 90.3 Å². The van der Waals surface area contributed by atoms with Crippen LogP contribution in [0.25, 0.3) is 0 Å². The van der Waals surface area contributed by atoms with Crippen LogP contribution in [0.1, 0.15) is 25.7 Å². The van der Waals surface area contributed by atoms with Gasteiger partial charge in [0.25, 0.3) is 0 Å². The number of carbonyl (C=O) groups is 1. The molecular formula is C18H25N3O3S. The molecule has 136 valence electrons. The highest BCUT2D eigenvalue weighted by atomic mass is 32.2. The SMILES string of the molecule is CN(C)c1ccc(S(=O)(=O)C[C@@H]2CCCC[C@H]2C(=O)NCC#N)cc1. The Bertz CT molecular complexity index is 736. The highest BCUT2D eigenvalue weighted by Crippen LogP contribution is 2.33. The molecule has 0 radical (unpaired) electrons. The van der Waals surface area contributed by atoms with Gasteiger partial charge in [0.2, 0.25) is 5.91 Å². The van der Waals surface area contributed by atoms with E-state index in [1.165, 1.54) is 0 Å². The van der Waals surface area contributed by atoms with Gasteiger partial charge in [0.05, 0.1) is 16.7 Å². The van der Waals surface area contributed by atoms with Crippen LogP contribution in [0, 0.1) is 23.2 Å². The first-order valence-corrected chi connectivity index (χ1v) is 10.1. The Morgan fingerprint density at radius 3 is 2.48 bits per heavy atom. The Morgan fingerprint density at radius 1 is 1.24 bits per heavy atom. The zero-order chi connectivity index (χ0) is 18.4. The Hall–Kier alpha value is -2.07. The second kappa shape index (κ2) is 8.34. The normalized spacial score (nSPS) is 20.5. The highest BCUT2D eigenvalue weighted by molar-refractivity contribution is 7.91. The molecule has 0 spiro atoms. The molecule has 7 heteroatoms. The fraction of sp³-hybridized carbons (Fsp3) is 0.556. The van der Waals surface area contributed by atoms with Crippen LogP contribution in [0.15, 0.2) is 29.2 Å². The summed E-state index contributed by atoms with van der Waals surface area (Å²) in [6.45, 7) is -0.0409. The fourth-order valence-corrected chi connectivity index (χ4v) is 5.05. The molecule has 0 unspecified atom stereocenters. The molecule has 0 aromatic heterocycles. The molecule has 1 aliphatic rings. The van der Waals surface area contributed by atoms with Gasteiger partial charge in [0.1, 0.15) is 6.54 Å². The van der Waals surface area contributed by atoms with Crippen molar-refractivity contribution in [1.82, 2.24) is 5.32 Å². The molecule has 2 atom stereocenters. The van der Waals surface area contributed by atoms with Gasteiger partial charge in [0.15, 0.2) is 9.84 Å². The molecule has 1 N–H and O–H groups in total. The first-order valence-electron chi connectivity index (χ1n) is 8.50. The lowest BCUT2D eigenvalue weighted by Crippen LogP contribution is -2.39. The Labute approximate surface area is 149 Å². The van der Waals surface area contributed by atoms with E-state index in [-0.39, 0.29) is 30.0 Å². The summed E-state index contributed by atoms with van der Waals surface area (Å²) in [4.78, 5) is 14.4. The van der Waals surface area contributed by atoms with Crippen LogP contribution in [0.5, 0.6) is 0 Å². The predicted octanol–water partition coefficient (Wildman–Crippen LogP) is 1.97. The summed E-state index contributed by atoms with van der Waals surface area (Å²) in [5, 5.41) is 11.2. The maximum Gasteiger partial charge on any atom is 0.224 e. The summed E-state index contributed by atoms with van der Waals surface area (Å²) in [5.41, 5.74) is 0.936. The number of nitrogens with zero attached hydrogens (tertiary/aromatic N) is 2. The first kappa shape index (κ1) is 19.3. The van der Waals surface area contributed by atoms with Crippen LogP contribution in [-0.4, -0.2) is 40.7 Å². The summed E-state index contributed by atoms with van der Waals surface area (Å²) < 4.78 is 25.5. The third kappa shape index (κ3) is 4.95. The third-order valence-electron chi connectivity index (χ3n) is 4.73. The van der Waals surface area contributed by atoms with Crippen LogP contribution in [0.2, 0.25) is 0 Å². The van der Waals surface area contributed by atoms with Crippen molar-refractivity contribution >= 4 is 21.4 Å². The number of nitriles is 1. The number of amides is 1. The van der Waals surface area contributed by atoms with Crippen LogP contribution in [0.3, 0.4) is 0 Å². The molecule has 0 heterocycles. The third-order valence-corrected chi connectivity index (χ3v) is 6.59. The van der Waals surface area contributed by atoms with Gasteiger partial charge >= 0.3 is 0 Å². The van der Waals surface area contributed by atoms with Crippen molar-refractivity contribution in [1.29, 1.82) is 5.26 Å². The van der Waals surface area contributed by atoms with Gasteiger partial charge < -0.3 is 10.2 Å². The molecule has 1 amide bonds. The molecule has 0 saturated heterocycles. The Morgan fingerprint density at radius 2 is 1.88 bits per heavy atom. The van der Waals surface area contributed by atoms with E-state index >= 15 is 0 Å². The second-order valence-electron chi connectivity index (χ2n) is 6.70. The van der Waals surface area contributed by atoms with Crippen molar-refractivity contribution < 1.29 is 13.2 Å². The van der Waals surface area contributed by atoms with Gasteiger partial charge in [-0.05, 0) is 43.0 Å². The van der Waals surface area contributed by atoms with E-state index in [2.05, 4.69) is 5.32 Å². The van der Waals surface area contributed by atoms with Crippen LogP contribution >= 0.6 is 0 Å². The number of rotatable bonds is 6. The van der Waals surface area contributed by atoms with Crippen LogP contribution < -0.4 is 10.2 Å². The molecule has 1 aromatic carbocycles. The summed E-state index contributed by atoms with van der Waals surface area (Å²) in [5.74, 6) is -0.771. The summed E-state index contributed by atoms with van der Waals surface area (Å²) in [6, 6.07) is 8.70. The average molecular weight is 363 g/mol. The lowest BCUT2D eigenvalue weighted by molar-refractivity contribution is -0.127. The number of carbonyl (C=O) groups excluding carboxylic acids is 1. The van der Waals surface area contributed by atoms with Crippen molar-refractivity contribution in [3.63, 3.8) is 0 Å². The lowest BCUT2D eigenvalue weighted by Gasteiger charge is -2.30. The molecule has 25 heavy (non-hydrogen) atoms. The number of hydrogen-bond donors (Lipinski definition) is 1. The maximum absolute atomic E-state index is 12.8. The summed E-state index contributed by atoms with van der Waals surface area (Å²) >= 11 is 0. The van der Waals surface area contributed by atoms with Gasteiger partial charge in [-0.1, -0.05) is 12.8 Å². The van der Waals surface area contributed by atoms with E-state index in [1.54, 1.807) is 24.3 Å². The molecule has 1 fully saturated rings. The molecule has 1 aliphatic carbocycles. The van der Waals surface area contributed by atoms with Crippen molar-refractivity contribution in [3.8, 4) is 6.07 Å². The van der Waals surface area contributed by atoms with Crippen molar-refractivity contribution in [2.45, 2.75) is 30.6 Å². The van der Waals surface area contributed by atoms with E-state index in [1.807, 2.05) is 25.1 Å². The first-order chi connectivity index (χ1) is 11.8. The quantitative estimate of drug-likeness (QED) is 0.781. The van der Waals surface area contributed by atoms with E-state index in [0.29, 0.717) is 11.3 Å². The molecular weight excluding hydrogens is 338 g/mol. The predicted molar refractivity (Wildman–Crippen MR) is 96.9 cm³/mol. The van der Waals surface area contributed by atoms with Crippen molar-refractivity contribution in [2.75, 3.05) is 31.3 Å². The number of nitrogens with one attached hydrogen (secondary N) is 1. The van der Waals surface area contributed by atoms with E-state index < -0.39 is 9.84 Å². The van der Waals surface area contributed by atoms with Gasteiger partial charge in [0, 0.05) is 25.7 Å². The zero-order valence-corrected chi connectivity index (χ0v) is 15.6. The highest BCUT2D eigenvalue weighted by Gasteiger charge is 2.34. The summed E-state index contributed by atoms with van der Waals surface area (Å²) in [6.07, 6.45) is 3.25. The standard InChI is InChI=1S/C18H25N3O3S/c1-21(2)15-7-9-16(10-8-15)25(23,24)13-14-5-3-4-6-17(14)18(22)20-12-11-19/h7-10,14,17H,3-6,12-13H2,1-2H3,(H,20,22)/t14-,17+/m0/s1. The molecule has 0 aliphatic heterocycles. The van der Waals surface area contributed by atoms with Gasteiger partial charge in [-0.2, -0.15) is 5.26 Å². The van der Waals surface area contributed by atoms with E-state index in [4.69, 9.17) is 5.26 Å². The smallest absolute Gasteiger partial charge is 0.224 e. The van der Waals surface area contributed by atoms with Crippen LogP contribution in [-0.2, 0) is 14.6 Å². The molecule has 2 rings (SSSR count). The van der Waals surface area contributed by atoms with Crippen LogP contribution in [0.4, 0.5) is 5.69 Å². The van der Waals surface area contributed by atoms with Gasteiger partial charge in [-0.15, -0.1) is 0 Å². The van der Waals surface area contributed by atoms with Crippen molar-refractivity contribution in [2.24, 2.45) is 11.8 Å². The van der Waals surface area contributed by atoms with Crippen molar-refractivity contribution in [3.05, 3.63) is 24.3 Å². The van der Waals surface area contributed by atoms with Gasteiger partial charge in [-0.3, -0.25) is 4.79 Å². The van der Waals surface area contributed by atoms with Gasteiger partial charge in [-0.25, -0.2) is 8.42 Å². The largest absolute Gasteiger partial charge is 0.378 e. The molecule has 1 aromatic rings. The lowest BCUT2D eigenvalue weighted by atomic mass is 9.80. The van der Waals surface area contributed by atoms with E-state index in [0.717, 1.165) is 24.9 Å². The monoisotopic (exact) mass is 363 g/mol. The molecule has 6 nitrogen and oxygen atoms in total. The number of sulfone groups is 1. The average Bonchev–Trinajstić information content (AvgIpc) is 2.60. The number of anilines is 1. The zero-order valence-electron chi connectivity index (χ0n) is 14.7. The summed E-state index contributed by atoms with van der Waals surface area (Å²) in [7, 11) is 0.345.